The van der Waals surface area contributed by atoms with Crippen molar-refractivity contribution in [1.29, 1.82) is 0 Å². The van der Waals surface area contributed by atoms with Crippen molar-refractivity contribution in [2.75, 3.05) is 6.54 Å². The highest BCUT2D eigenvalue weighted by Gasteiger charge is 2.25. The number of carboxylic acid groups (broad SMARTS) is 1. The number of carbonyl (C=O) groups is 1. The number of nitrogens with zero attached hydrogens (tertiary/aromatic N) is 2. The van der Waals surface area contributed by atoms with Crippen LogP contribution in [0, 0.1) is 0 Å². The fourth-order valence-electron chi connectivity index (χ4n) is 3.32. The Labute approximate surface area is 135 Å². The zero-order valence-corrected chi connectivity index (χ0v) is 13.4. The fraction of sp³-hybridized carbons (Fsp3) is 0.444. The van der Waals surface area contributed by atoms with E-state index in [0.717, 1.165) is 32.2 Å². The molecular formula is C18H22N2O3. The molecule has 0 amide bonds. The highest BCUT2D eigenvalue weighted by molar-refractivity contribution is 5.84. The summed E-state index contributed by atoms with van der Waals surface area (Å²) in [5.74, 6) is -0.566. The third kappa shape index (κ3) is 3.62. The molecule has 1 unspecified atom stereocenters. The number of rotatable bonds is 6. The van der Waals surface area contributed by atoms with Crippen molar-refractivity contribution in [1.82, 2.24) is 9.88 Å². The largest absolute Gasteiger partial charge is 0.476 e. The lowest BCUT2D eigenvalue weighted by Gasteiger charge is -2.34. The van der Waals surface area contributed by atoms with Crippen molar-refractivity contribution in [3.63, 3.8) is 0 Å². The minimum absolute atomic E-state index is 0.0227. The summed E-state index contributed by atoms with van der Waals surface area (Å²) in [5, 5.41) is 8.96. The lowest BCUT2D eigenvalue weighted by Crippen LogP contribution is -2.39. The highest BCUT2D eigenvalue weighted by Crippen LogP contribution is 2.25. The smallest absolute Gasteiger partial charge is 0.357 e. The molecule has 1 aliphatic rings. The first-order valence-corrected chi connectivity index (χ1v) is 8.16. The molecule has 1 aromatic heterocycles. The van der Waals surface area contributed by atoms with Crippen molar-refractivity contribution in [3.8, 4) is 0 Å². The van der Waals surface area contributed by atoms with Crippen LogP contribution in [0.2, 0.25) is 0 Å². The minimum Gasteiger partial charge on any atom is -0.476 e. The number of oxazole rings is 1. The molecule has 0 saturated carbocycles. The summed E-state index contributed by atoms with van der Waals surface area (Å²) in [6.45, 7) is 3.67. The lowest BCUT2D eigenvalue weighted by atomic mass is 9.87. The van der Waals surface area contributed by atoms with Gasteiger partial charge in [0.2, 0.25) is 5.89 Å². The molecule has 0 radical (unpaired) electrons. The molecule has 0 bridgehead atoms. The molecule has 5 nitrogen and oxygen atoms in total. The van der Waals surface area contributed by atoms with Gasteiger partial charge in [0.25, 0.3) is 0 Å². The summed E-state index contributed by atoms with van der Waals surface area (Å²) in [6.07, 6.45) is 5.50. The Balaban J connectivity index is 1.72. The summed E-state index contributed by atoms with van der Waals surface area (Å²) < 4.78 is 5.33. The van der Waals surface area contributed by atoms with Crippen LogP contribution >= 0.6 is 0 Å². The molecule has 1 aliphatic carbocycles. The summed E-state index contributed by atoms with van der Waals surface area (Å²) in [7, 11) is 0. The van der Waals surface area contributed by atoms with Crippen LogP contribution in [0.1, 0.15) is 47.3 Å². The minimum atomic E-state index is -1.05. The predicted octanol–water partition coefficient (Wildman–Crippen LogP) is 3.14. The van der Waals surface area contributed by atoms with Crippen LogP contribution in [-0.4, -0.2) is 33.5 Å². The average Bonchev–Trinajstić information content (AvgIpc) is 3.03. The van der Waals surface area contributed by atoms with Gasteiger partial charge in [0.1, 0.15) is 6.26 Å². The van der Waals surface area contributed by atoms with Gasteiger partial charge in [-0.15, -0.1) is 0 Å². The van der Waals surface area contributed by atoms with Crippen molar-refractivity contribution in [3.05, 3.63) is 53.2 Å². The summed E-state index contributed by atoms with van der Waals surface area (Å²) in [4.78, 5) is 17.4. The van der Waals surface area contributed by atoms with E-state index in [4.69, 9.17) is 9.52 Å². The van der Waals surface area contributed by atoms with Crippen molar-refractivity contribution in [2.24, 2.45) is 0 Å². The zero-order chi connectivity index (χ0) is 16.2. The van der Waals surface area contributed by atoms with E-state index in [1.54, 1.807) is 0 Å². The first-order valence-electron chi connectivity index (χ1n) is 8.16. The van der Waals surface area contributed by atoms with E-state index in [1.807, 2.05) is 0 Å². The van der Waals surface area contributed by atoms with E-state index in [-0.39, 0.29) is 5.69 Å². The van der Waals surface area contributed by atoms with E-state index in [9.17, 15) is 4.79 Å². The van der Waals surface area contributed by atoms with Crippen LogP contribution in [0.3, 0.4) is 0 Å². The molecule has 0 saturated heterocycles. The molecule has 1 heterocycles. The maximum Gasteiger partial charge on any atom is 0.357 e. The molecule has 1 N–H and O–H groups in total. The maximum absolute atomic E-state index is 10.9. The van der Waals surface area contributed by atoms with Crippen LogP contribution in [0.5, 0.6) is 0 Å². The van der Waals surface area contributed by atoms with E-state index in [1.165, 1.54) is 17.4 Å². The van der Waals surface area contributed by atoms with Crippen LogP contribution in [0.15, 0.2) is 34.9 Å². The van der Waals surface area contributed by atoms with Crippen molar-refractivity contribution in [2.45, 2.75) is 45.2 Å². The van der Waals surface area contributed by atoms with Gasteiger partial charge >= 0.3 is 5.97 Å². The van der Waals surface area contributed by atoms with E-state index in [0.29, 0.717) is 18.5 Å². The first kappa shape index (κ1) is 15.7. The molecule has 2 aromatic rings. The maximum atomic E-state index is 10.9. The average molecular weight is 314 g/mol. The number of aryl methyl sites for hydroxylation is 1. The van der Waals surface area contributed by atoms with Gasteiger partial charge < -0.3 is 9.52 Å². The van der Waals surface area contributed by atoms with Gasteiger partial charge in [-0.3, -0.25) is 4.90 Å². The number of carboxylic acids is 1. The van der Waals surface area contributed by atoms with Crippen molar-refractivity contribution >= 4 is 5.97 Å². The fourth-order valence-corrected chi connectivity index (χ4v) is 3.32. The molecule has 0 aliphatic heterocycles. The molecular weight excluding hydrogens is 292 g/mol. The Hall–Kier alpha value is -2.14. The second kappa shape index (κ2) is 6.96. The van der Waals surface area contributed by atoms with E-state index < -0.39 is 5.97 Å². The third-order valence-corrected chi connectivity index (χ3v) is 4.46. The first-order chi connectivity index (χ1) is 11.2. The van der Waals surface area contributed by atoms with Gasteiger partial charge in [-0.2, -0.15) is 0 Å². The molecule has 122 valence electrons. The molecule has 3 rings (SSSR count). The van der Waals surface area contributed by atoms with Crippen molar-refractivity contribution < 1.29 is 14.3 Å². The topological polar surface area (TPSA) is 66.6 Å². The van der Waals surface area contributed by atoms with Crippen LogP contribution in [-0.2, 0) is 19.4 Å². The molecule has 5 heteroatoms. The number of hydrogen-bond donors (Lipinski definition) is 1. The Bertz CT molecular complexity index is 680. The molecule has 0 spiro atoms. The Morgan fingerprint density at radius 1 is 1.39 bits per heavy atom. The van der Waals surface area contributed by atoms with Crippen LogP contribution in [0.25, 0.3) is 0 Å². The highest BCUT2D eigenvalue weighted by atomic mass is 16.4. The summed E-state index contributed by atoms with van der Waals surface area (Å²) in [5.41, 5.74) is 2.85. The van der Waals surface area contributed by atoms with Gasteiger partial charge in [0, 0.05) is 6.04 Å². The van der Waals surface area contributed by atoms with Gasteiger partial charge in [0.05, 0.1) is 6.54 Å². The second-order valence-electron chi connectivity index (χ2n) is 6.07. The van der Waals surface area contributed by atoms with Crippen LogP contribution < -0.4 is 0 Å². The third-order valence-electron chi connectivity index (χ3n) is 4.46. The zero-order valence-electron chi connectivity index (χ0n) is 13.4. The molecule has 0 fully saturated rings. The number of hydrogen-bond acceptors (Lipinski definition) is 4. The molecule has 1 aromatic carbocycles. The van der Waals surface area contributed by atoms with E-state index >= 15 is 0 Å². The predicted molar refractivity (Wildman–Crippen MR) is 86.4 cm³/mol. The lowest BCUT2D eigenvalue weighted by molar-refractivity contribution is 0.0690. The SMILES string of the molecule is CCCN(Cc1nc(C(=O)O)co1)C1CCc2ccccc2C1. The standard InChI is InChI=1S/C18H22N2O3/c1-2-9-20(11-17-19-16(12-23-17)18(21)22)15-8-7-13-5-3-4-6-14(13)10-15/h3-6,12,15H,2,7-11H2,1H3,(H,21,22). The van der Waals surface area contributed by atoms with Gasteiger partial charge in [-0.1, -0.05) is 31.2 Å². The number of aromatic carboxylic acids is 1. The van der Waals surface area contributed by atoms with E-state index in [2.05, 4.69) is 41.1 Å². The quantitative estimate of drug-likeness (QED) is 0.887. The Morgan fingerprint density at radius 2 is 2.17 bits per heavy atom. The number of fused-ring (bicyclic) bond motifs is 1. The molecule has 1 atom stereocenters. The monoisotopic (exact) mass is 314 g/mol. The van der Waals surface area contributed by atoms with Gasteiger partial charge in [-0.25, -0.2) is 9.78 Å². The number of benzene rings is 1. The second-order valence-corrected chi connectivity index (χ2v) is 6.07. The van der Waals surface area contributed by atoms with Gasteiger partial charge in [0.15, 0.2) is 5.69 Å². The summed E-state index contributed by atoms with van der Waals surface area (Å²) >= 11 is 0. The Morgan fingerprint density at radius 3 is 2.87 bits per heavy atom. The summed E-state index contributed by atoms with van der Waals surface area (Å²) in [6, 6.07) is 9.06. The van der Waals surface area contributed by atoms with Gasteiger partial charge in [-0.05, 0) is 43.4 Å². The molecule has 23 heavy (non-hydrogen) atoms. The normalized spacial score (nSPS) is 17.2. The Kier molecular flexibility index (Phi) is 4.76. The van der Waals surface area contributed by atoms with Crippen LogP contribution in [0.4, 0.5) is 0 Å². The number of aromatic nitrogens is 1.